The lowest BCUT2D eigenvalue weighted by Crippen LogP contribution is -2.34. The van der Waals surface area contributed by atoms with E-state index in [0.29, 0.717) is 13.1 Å². The molecule has 8 heteroatoms. The third-order valence-electron chi connectivity index (χ3n) is 2.90. The van der Waals surface area contributed by atoms with Gasteiger partial charge in [-0.05, 0) is 20.5 Å². The van der Waals surface area contributed by atoms with Crippen molar-refractivity contribution < 1.29 is 14.8 Å². The van der Waals surface area contributed by atoms with Gasteiger partial charge in [0.15, 0.2) is 0 Å². The Bertz CT molecular complexity index is 519. The normalized spacial score (nSPS) is 10.7. The quantitative estimate of drug-likeness (QED) is 0.572. The van der Waals surface area contributed by atoms with E-state index in [-0.39, 0.29) is 17.1 Å². The number of carboxylic acids is 1. The first-order valence-electron chi connectivity index (χ1n) is 6.64. The van der Waals surface area contributed by atoms with E-state index >= 15 is 0 Å². The van der Waals surface area contributed by atoms with Crippen molar-refractivity contribution in [3.8, 4) is 0 Å². The van der Waals surface area contributed by atoms with Crippen molar-refractivity contribution in [3.63, 3.8) is 0 Å². The van der Waals surface area contributed by atoms with Gasteiger partial charge in [-0.15, -0.1) is 0 Å². The average Bonchev–Trinajstić information content (AvgIpc) is 2.42. The number of hydrogen-bond acceptors (Lipinski definition) is 6. The van der Waals surface area contributed by atoms with E-state index in [4.69, 9.17) is 0 Å². The molecule has 21 heavy (non-hydrogen) atoms. The second-order valence-electron chi connectivity index (χ2n) is 4.92. The van der Waals surface area contributed by atoms with Crippen molar-refractivity contribution in [1.29, 1.82) is 0 Å². The summed E-state index contributed by atoms with van der Waals surface area (Å²) >= 11 is 0. The Hall–Kier alpha value is -2.22. The van der Waals surface area contributed by atoms with E-state index in [9.17, 15) is 20.0 Å². The number of likely N-dealkylation sites (N-methyl/N-ethyl adjacent to an activating group) is 1. The first-order chi connectivity index (χ1) is 9.86. The lowest BCUT2D eigenvalue weighted by Gasteiger charge is -2.25. The van der Waals surface area contributed by atoms with Crippen LogP contribution in [0.15, 0.2) is 12.3 Å². The number of anilines is 1. The van der Waals surface area contributed by atoms with E-state index < -0.39 is 10.9 Å². The highest BCUT2D eigenvalue weighted by Gasteiger charge is 2.21. The third-order valence-corrected chi connectivity index (χ3v) is 2.90. The Balaban J connectivity index is 3.16. The summed E-state index contributed by atoms with van der Waals surface area (Å²) in [6.07, 6.45) is 1.92. The van der Waals surface area contributed by atoms with Crippen LogP contribution in [0.3, 0.4) is 0 Å². The molecule has 0 spiro atoms. The highest BCUT2D eigenvalue weighted by molar-refractivity contribution is 5.94. The van der Waals surface area contributed by atoms with Crippen LogP contribution >= 0.6 is 0 Å². The maximum atomic E-state index is 11.3. The summed E-state index contributed by atoms with van der Waals surface area (Å²) in [7, 11) is 3.84. The predicted molar refractivity (Wildman–Crippen MR) is 78.9 cm³/mol. The Kier molecular flexibility index (Phi) is 6.04. The van der Waals surface area contributed by atoms with Crippen molar-refractivity contribution in [2.24, 2.45) is 0 Å². The molecule has 0 unspecified atom stereocenters. The molecule has 0 fully saturated rings. The van der Waals surface area contributed by atoms with Crippen LogP contribution in [0.5, 0.6) is 0 Å². The van der Waals surface area contributed by atoms with Crippen LogP contribution in [0.25, 0.3) is 0 Å². The fourth-order valence-electron chi connectivity index (χ4n) is 1.87. The van der Waals surface area contributed by atoms with Crippen molar-refractivity contribution >= 4 is 17.5 Å². The molecule has 1 aromatic heterocycles. The van der Waals surface area contributed by atoms with Crippen molar-refractivity contribution in [2.45, 2.75) is 13.3 Å². The molecule has 0 aliphatic heterocycles. The Morgan fingerprint density at radius 3 is 2.52 bits per heavy atom. The SMILES string of the molecule is CCCN(CCN(C)C)c1ncc([N+](=O)[O-])cc1C(=O)O. The monoisotopic (exact) mass is 296 g/mol. The molecular weight excluding hydrogens is 276 g/mol. The number of aromatic carboxylic acids is 1. The van der Waals surface area contributed by atoms with E-state index in [1.54, 1.807) is 0 Å². The van der Waals surface area contributed by atoms with Crippen LogP contribution in [0.4, 0.5) is 11.5 Å². The maximum absolute atomic E-state index is 11.3. The minimum atomic E-state index is -1.22. The molecule has 1 rings (SSSR count). The lowest BCUT2D eigenvalue weighted by atomic mass is 10.2. The molecule has 1 aromatic rings. The van der Waals surface area contributed by atoms with Crippen LogP contribution in [0.2, 0.25) is 0 Å². The second-order valence-corrected chi connectivity index (χ2v) is 4.92. The summed E-state index contributed by atoms with van der Waals surface area (Å²) < 4.78 is 0. The lowest BCUT2D eigenvalue weighted by molar-refractivity contribution is -0.385. The fraction of sp³-hybridized carbons (Fsp3) is 0.538. The number of rotatable bonds is 8. The molecule has 0 amide bonds. The van der Waals surface area contributed by atoms with Crippen LogP contribution in [0, 0.1) is 10.1 Å². The summed E-state index contributed by atoms with van der Waals surface area (Å²) in [6.45, 7) is 3.96. The first kappa shape index (κ1) is 16.8. The molecule has 116 valence electrons. The van der Waals surface area contributed by atoms with Crippen molar-refractivity contribution in [3.05, 3.63) is 27.9 Å². The summed E-state index contributed by atoms with van der Waals surface area (Å²) in [5, 5.41) is 20.0. The molecule has 0 saturated carbocycles. The second kappa shape index (κ2) is 7.53. The zero-order valence-corrected chi connectivity index (χ0v) is 12.4. The highest BCUT2D eigenvalue weighted by atomic mass is 16.6. The van der Waals surface area contributed by atoms with Gasteiger partial charge in [-0.2, -0.15) is 0 Å². The third kappa shape index (κ3) is 4.67. The topological polar surface area (TPSA) is 99.8 Å². The molecule has 0 aliphatic carbocycles. The number of carboxylic acid groups (broad SMARTS) is 1. The van der Waals surface area contributed by atoms with E-state index in [2.05, 4.69) is 4.98 Å². The van der Waals surface area contributed by atoms with Gasteiger partial charge in [-0.3, -0.25) is 10.1 Å². The van der Waals surface area contributed by atoms with Gasteiger partial charge in [0.2, 0.25) is 0 Å². The standard InChI is InChI=1S/C13H20N4O4/c1-4-5-16(7-6-15(2)3)12-11(13(18)19)8-10(9-14-12)17(20)21/h8-9H,4-7H2,1-3H3,(H,18,19). The number of aromatic nitrogens is 1. The zero-order chi connectivity index (χ0) is 16.0. The van der Waals surface area contributed by atoms with Crippen LogP contribution < -0.4 is 4.90 Å². The minimum Gasteiger partial charge on any atom is -0.478 e. The van der Waals surface area contributed by atoms with Gasteiger partial charge in [0.05, 0.1) is 4.92 Å². The van der Waals surface area contributed by atoms with Crippen LogP contribution in [-0.4, -0.2) is 59.6 Å². The summed E-state index contributed by atoms with van der Waals surface area (Å²) in [6, 6.07) is 1.06. The highest BCUT2D eigenvalue weighted by Crippen LogP contribution is 2.22. The number of nitro groups is 1. The Labute approximate surface area is 123 Å². The Morgan fingerprint density at radius 2 is 2.05 bits per heavy atom. The van der Waals surface area contributed by atoms with Crippen LogP contribution in [0.1, 0.15) is 23.7 Å². The molecule has 8 nitrogen and oxygen atoms in total. The van der Waals surface area contributed by atoms with E-state index in [1.807, 2.05) is 30.8 Å². The van der Waals surface area contributed by atoms with Gasteiger partial charge >= 0.3 is 5.97 Å². The molecule has 0 aromatic carbocycles. The predicted octanol–water partition coefficient (Wildman–Crippen LogP) is 1.47. The van der Waals surface area contributed by atoms with Gasteiger partial charge in [0.25, 0.3) is 5.69 Å². The van der Waals surface area contributed by atoms with Gasteiger partial charge < -0.3 is 14.9 Å². The van der Waals surface area contributed by atoms with E-state index in [0.717, 1.165) is 25.2 Å². The smallest absolute Gasteiger partial charge is 0.339 e. The van der Waals surface area contributed by atoms with Gasteiger partial charge in [0.1, 0.15) is 17.6 Å². The molecule has 0 aliphatic rings. The number of nitrogens with zero attached hydrogens (tertiary/aromatic N) is 4. The molecule has 0 atom stereocenters. The number of hydrogen-bond donors (Lipinski definition) is 1. The first-order valence-corrected chi connectivity index (χ1v) is 6.64. The summed E-state index contributed by atoms with van der Waals surface area (Å²) in [4.78, 5) is 29.3. The average molecular weight is 296 g/mol. The molecule has 1 N–H and O–H groups in total. The number of carbonyl (C=O) groups is 1. The molecular formula is C13H20N4O4. The molecule has 0 radical (unpaired) electrons. The van der Waals surface area contributed by atoms with Gasteiger partial charge in [0, 0.05) is 25.7 Å². The molecule has 1 heterocycles. The summed E-state index contributed by atoms with van der Waals surface area (Å²) in [5.41, 5.74) is -0.461. The summed E-state index contributed by atoms with van der Waals surface area (Å²) in [5.74, 6) is -0.941. The minimum absolute atomic E-state index is 0.142. The molecule has 0 bridgehead atoms. The maximum Gasteiger partial charge on any atom is 0.339 e. The Morgan fingerprint density at radius 1 is 1.38 bits per heavy atom. The van der Waals surface area contributed by atoms with Gasteiger partial charge in [-0.25, -0.2) is 9.78 Å². The largest absolute Gasteiger partial charge is 0.478 e. The van der Waals surface area contributed by atoms with E-state index in [1.165, 1.54) is 0 Å². The van der Waals surface area contributed by atoms with Crippen molar-refractivity contribution in [2.75, 3.05) is 38.6 Å². The van der Waals surface area contributed by atoms with Crippen molar-refractivity contribution in [1.82, 2.24) is 9.88 Å². The van der Waals surface area contributed by atoms with Crippen LogP contribution in [-0.2, 0) is 0 Å². The fourth-order valence-corrected chi connectivity index (χ4v) is 1.87. The number of pyridine rings is 1. The zero-order valence-electron chi connectivity index (χ0n) is 12.4. The molecule has 0 saturated heterocycles. The van der Waals surface area contributed by atoms with Gasteiger partial charge in [-0.1, -0.05) is 6.92 Å².